The molecule has 0 fully saturated rings. The van der Waals surface area contributed by atoms with Crippen LogP contribution in [0.5, 0.6) is 0 Å². The van der Waals surface area contributed by atoms with E-state index in [2.05, 4.69) is 9.98 Å². The molecule has 0 radical (unpaired) electrons. The number of H-pyrrole nitrogens is 1. The van der Waals surface area contributed by atoms with Crippen molar-refractivity contribution in [2.24, 2.45) is 22.2 Å². The number of hydrogen-bond acceptors (Lipinski definition) is 4. The van der Waals surface area contributed by atoms with Crippen LogP contribution in [0, 0.1) is 0 Å². The minimum absolute atomic E-state index is 0.0191. The second kappa shape index (κ2) is 7.64. The maximum Gasteiger partial charge on any atom is 0.331 e. The van der Waals surface area contributed by atoms with E-state index in [-0.39, 0.29) is 22.9 Å². The Morgan fingerprint density at radius 3 is 2.43 bits per heavy atom. The van der Waals surface area contributed by atoms with Gasteiger partial charge in [0.25, 0.3) is 0 Å². The van der Waals surface area contributed by atoms with E-state index in [0.717, 1.165) is 0 Å². The fourth-order valence-corrected chi connectivity index (χ4v) is 1.64. The van der Waals surface area contributed by atoms with Crippen molar-refractivity contribution in [1.29, 1.82) is 0 Å². The van der Waals surface area contributed by atoms with Crippen LogP contribution < -0.4 is 22.6 Å². The van der Waals surface area contributed by atoms with Gasteiger partial charge >= 0.3 is 11.8 Å². The molecule has 0 aliphatic heterocycles. The minimum atomic E-state index is -1.03. The van der Waals surface area contributed by atoms with Gasteiger partial charge in [-0.1, -0.05) is 0 Å². The molecule has 0 amide bonds. The van der Waals surface area contributed by atoms with E-state index >= 15 is 0 Å². The lowest BCUT2D eigenvalue weighted by atomic mass is 10.1. The van der Waals surface area contributed by atoms with E-state index in [1.165, 1.54) is 19.1 Å². The van der Waals surface area contributed by atoms with Gasteiger partial charge in [0, 0.05) is 18.7 Å². The molecule has 1 aromatic heterocycles. The van der Waals surface area contributed by atoms with Crippen LogP contribution in [0.15, 0.2) is 52.6 Å². The number of carboxylic acid groups (broad SMARTS) is 1. The summed E-state index contributed by atoms with van der Waals surface area (Å²) in [6, 6.07) is 3.53. The van der Waals surface area contributed by atoms with Gasteiger partial charge < -0.3 is 27.3 Å². The minimum Gasteiger partial charge on any atom is -0.478 e. The van der Waals surface area contributed by atoms with Crippen LogP contribution in [0.3, 0.4) is 0 Å². The third-order valence-electron chi connectivity index (χ3n) is 2.97. The Hall–Kier alpha value is -3.29. The van der Waals surface area contributed by atoms with Gasteiger partial charge in [-0.25, -0.2) is 4.79 Å². The Bertz CT molecular complexity index is 719. The van der Waals surface area contributed by atoms with Crippen LogP contribution in [0.1, 0.15) is 19.5 Å². The monoisotopic (exact) mass is 317 g/mol. The van der Waals surface area contributed by atoms with Gasteiger partial charge in [-0.3, -0.25) is 5.41 Å². The summed E-state index contributed by atoms with van der Waals surface area (Å²) in [5.74, 6) is -0.909. The maximum absolute atomic E-state index is 10.7. The Morgan fingerprint density at radius 1 is 1.30 bits per heavy atom. The van der Waals surface area contributed by atoms with Crippen molar-refractivity contribution >= 4 is 23.1 Å². The number of carbonyl (C=O) groups is 1. The number of nitrogens with one attached hydrogen (secondary N) is 1. The second-order valence-electron chi connectivity index (χ2n) is 4.77. The summed E-state index contributed by atoms with van der Waals surface area (Å²) >= 11 is 0. The summed E-state index contributed by atoms with van der Waals surface area (Å²) in [5.41, 5.74) is 19.0. The largest absolute Gasteiger partial charge is 0.478 e. The molecule has 0 aliphatic carbocycles. The Kier molecular flexibility index (Phi) is 5.90. The zero-order valence-corrected chi connectivity index (χ0v) is 13.0. The first-order valence-electron chi connectivity index (χ1n) is 6.68. The summed E-state index contributed by atoms with van der Waals surface area (Å²) in [4.78, 5) is 17.9. The quantitative estimate of drug-likeness (QED) is 0.178. The number of allylic oxidation sites excluding steroid dienone is 3. The molecular weight excluding hydrogens is 296 g/mol. The highest BCUT2D eigenvalue weighted by Crippen LogP contribution is 2.13. The number of nitrogens with two attached hydrogens (primary N) is 4. The summed E-state index contributed by atoms with van der Waals surface area (Å²) in [5, 5.41) is 14.7. The number of aromatic amines is 1. The third kappa shape index (κ3) is 4.88. The first-order chi connectivity index (χ1) is 10.7. The molecule has 0 spiro atoms. The Morgan fingerprint density at radius 2 is 1.96 bits per heavy atom. The average molecular weight is 317 g/mol. The van der Waals surface area contributed by atoms with E-state index < -0.39 is 5.97 Å². The van der Waals surface area contributed by atoms with Crippen LogP contribution in [0.2, 0.25) is 0 Å². The molecule has 0 unspecified atom stereocenters. The van der Waals surface area contributed by atoms with Crippen LogP contribution in [0.25, 0.3) is 5.57 Å². The maximum atomic E-state index is 10.7. The number of aliphatic carboxylic acids is 1. The highest BCUT2D eigenvalue weighted by molar-refractivity contribution is 6.24. The summed E-state index contributed by atoms with van der Waals surface area (Å²) < 4.78 is 0. The van der Waals surface area contributed by atoms with Gasteiger partial charge in [-0.15, -0.1) is 0 Å². The average Bonchev–Trinajstić information content (AvgIpc) is 2.97. The molecule has 0 saturated heterocycles. The van der Waals surface area contributed by atoms with Gasteiger partial charge in [0.1, 0.15) is 11.4 Å². The molecule has 0 aliphatic rings. The molecule has 0 bridgehead atoms. The van der Waals surface area contributed by atoms with E-state index in [9.17, 15) is 4.79 Å². The molecule has 8 heteroatoms. The number of aromatic nitrogens is 1. The van der Waals surface area contributed by atoms with E-state index in [0.29, 0.717) is 17.0 Å². The normalized spacial score (nSPS) is 12.9. The molecule has 23 heavy (non-hydrogen) atoms. The number of carboxylic acids is 1. The predicted octanol–water partition coefficient (Wildman–Crippen LogP) is -0.907. The summed E-state index contributed by atoms with van der Waals surface area (Å²) in [7, 11) is 0. The predicted molar refractivity (Wildman–Crippen MR) is 89.8 cm³/mol. The van der Waals surface area contributed by atoms with Gasteiger partial charge in [0.2, 0.25) is 0 Å². The number of nitrogens with zero attached hydrogens (tertiary/aromatic N) is 1. The first kappa shape index (κ1) is 17.8. The summed E-state index contributed by atoms with van der Waals surface area (Å²) in [6.45, 7) is 3.10. The van der Waals surface area contributed by atoms with Crippen LogP contribution in [0.4, 0.5) is 0 Å². The number of rotatable bonds is 5. The SMILES string of the molecule is CC(=NC(=[NH2+])C(=C(N)N)c1ccc[nH]1)/C(N)=C/C=C(\C)C(=O)O. The molecule has 8 nitrogen and oxygen atoms in total. The molecule has 10 N–H and O–H groups in total. The van der Waals surface area contributed by atoms with Crippen LogP contribution >= 0.6 is 0 Å². The zero-order chi connectivity index (χ0) is 17.6. The molecular formula is C15H21N6O2+. The molecule has 0 aromatic carbocycles. The molecule has 122 valence electrons. The Balaban J connectivity index is 3.07. The van der Waals surface area contributed by atoms with Crippen molar-refractivity contribution in [3.05, 3.63) is 53.3 Å². The fraction of sp³-hybridized carbons (Fsp3) is 0.133. The van der Waals surface area contributed by atoms with E-state index in [1.807, 2.05) is 0 Å². The van der Waals surface area contributed by atoms with Crippen molar-refractivity contribution in [2.45, 2.75) is 13.8 Å². The van der Waals surface area contributed by atoms with Crippen molar-refractivity contribution in [3.8, 4) is 0 Å². The topological polar surface area (TPSA) is 169 Å². The van der Waals surface area contributed by atoms with Gasteiger partial charge in [-0.2, -0.15) is 0 Å². The summed E-state index contributed by atoms with van der Waals surface area (Å²) in [6.07, 6.45) is 4.53. The molecule has 1 aromatic rings. The van der Waals surface area contributed by atoms with E-state index in [4.69, 9.17) is 27.7 Å². The van der Waals surface area contributed by atoms with Crippen LogP contribution in [-0.2, 0) is 4.79 Å². The van der Waals surface area contributed by atoms with Crippen molar-refractivity contribution in [3.63, 3.8) is 0 Å². The highest BCUT2D eigenvalue weighted by Gasteiger charge is 2.19. The van der Waals surface area contributed by atoms with E-state index in [1.54, 1.807) is 25.3 Å². The van der Waals surface area contributed by atoms with Crippen molar-refractivity contribution < 1.29 is 15.3 Å². The first-order valence-corrected chi connectivity index (χ1v) is 6.68. The zero-order valence-electron chi connectivity index (χ0n) is 13.0. The number of amidine groups is 1. The smallest absolute Gasteiger partial charge is 0.331 e. The van der Waals surface area contributed by atoms with Gasteiger partial charge in [0.05, 0.1) is 11.4 Å². The lowest BCUT2D eigenvalue weighted by molar-refractivity contribution is -0.132. The lowest BCUT2D eigenvalue weighted by Gasteiger charge is -2.01. The Labute approximate surface area is 133 Å². The third-order valence-corrected chi connectivity index (χ3v) is 2.97. The highest BCUT2D eigenvalue weighted by atomic mass is 16.4. The standard InChI is InChI=1S/C15H20N6O2/c1-8(15(22)23)5-6-10(16)9(2)21-14(19)12(13(17)18)11-4-3-7-20-11/h3-7,19-20H,16-18H2,1-2H3,(H,22,23)/p+1/b8-5+,10-6-,19-14?,21-9?. The van der Waals surface area contributed by atoms with Gasteiger partial charge in [0.15, 0.2) is 5.71 Å². The second-order valence-corrected chi connectivity index (χ2v) is 4.77. The van der Waals surface area contributed by atoms with Crippen molar-refractivity contribution in [1.82, 2.24) is 4.98 Å². The molecule has 1 rings (SSSR count). The number of aliphatic imine (C=N–C) groups is 1. The molecule has 0 atom stereocenters. The molecule has 0 saturated carbocycles. The fourth-order valence-electron chi connectivity index (χ4n) is 1.64. The lowest BCUT2D eigenvalue weighted by Crippen LogP contribution is -2.41. The molecule has 1 heterocycles. The van der Waals surface area contributed by atoms with Crippen molar-refractivity contribution in [2.75, 3.05) is 0 Å². The van der Waals surface area contributed by atoms with Crippen LogP contribution in [-0.4, -0.2) is 27.6 Å². The van der Waals surface area contributed by atoms with Gasteiger partial charge in [-0.05, 0) is 36.2 Å². The number of hydrogen-bond donors (Lipinski definition) is 6.